The molecular formula is C10H16N2O3S2. The van der Waals surface area contributed by atoms with E-state index in [4.69, 9.17) is 5.73 Å². The second-order valence-electron chi connectivity index (χ2n) is 3.70. The molecule has 1 rings (SSSR count). The first-order chi connectivity index (χ1) is 7.83. The summed E-state index contributed by atoms with van der Waals surface area (Å²) in [5.41, 5.74) is 6.67. The average molecular weight is 276 g/mol. The van der Waals surface area contributed by atoms with Gasteiger partial charge in [0.2, 0.25) is 10.0 Å². The molecule has 0 aliphatic carbocycles. The molecule has 17 heavy (non-hydrogen) atoms. The minimum Gasteiger partial charge on any atom is -0.399 e. The molecule has 0 radical (unpaired) electrons. The van der Waals surface area contributed by atoms with Crippen LogP contribution in [-0.4, -0.2) is 31.2 Å². The number of anilines is 1. The maximum atomic E-state index is 11.9. The third kappa shape index (κ3) is 4.10. The van der Waals surface area contributed by atoms with Gasteiger partial charge in [0.1, 0.15) is 0 Å². The number of rotatable bonds is 5. The zero-order valence-corrected chi connectivity index (χ0v) is 11.4. The predicted molar refractivity (Wildman–Crippen MR) is 69.7 cm³/mol. The van der Waals surface area contributed by atoms with E-state index in [2.05, 4.69) is 4.72 Å². The lowest BCUT2D eigenvalue weighted by Gasteiger charge is -2.09. The van der Waals surface area contributed by atoms with Crippen LogP contribution in [0.25, 0.3) is 0 Å². The molecule has 0 fully saturated rings. The molecule has 0 saturated carbocycles. The van der Waals surface area contributed by atoms with Gasteiger partial charge in [0, 0.05) is 35.0 Å². The third-order valence-corrected chi connectivity index (χ3v) is 4.57. The van der Waals surface area contributed by atoms with Crippen LogP contribution in [0.2, 0.25) is 0 Å². The Morgan fingerprint density at radius 1 is 1.41 bits per heavy atom. The van der Waals surface area contributed by atoms with Crippen LogP contribution < -0.4 is 10.5 Å². The minimum absolute atomic E-state index is 0.162. The number of hydrogen-bond acceptors (Lipinski definition) is 4. The summed E-state index contributed by atoms with van der Waals surface area (Å²) in [7, 11) is -4.56. The standard InChI is InChI=1S/C10H16N2O3S2/c1-8-7-9(11)3-4-10(8)17(14,15)12-5-6-16(2)13/h3-4,7,12H,5-6,11H2,1-2H3. The van der Waals surface area contributed by atoms with Crippen molar-refractivity contribution in [3.05, 3.63) is 23.8 Å². The Bertz CT molecular complexity index is 526. The number of benzene rings is 1. The van der Waals surface area contributed by atoms with E-state index in [9.17, 15) is 12.6 Å². The number of nitrogens with two attached hydrogens (primary N) is 1. The third-order valence-electron chi connectivity index (χ3n) is 2.17. The zero-order chi connectivity index (χ0) is 13.1. The molecule has 1 atom stereocenters. The molecule has 0 saturated heterocycles. The van der Waals surface area contributed by atoms with Gasteiger partial charge in [0.15, 0.2) is 0 Å². The van der Waals surface area contributed by atoms with Crippen molar-refractivity contribution < 1.29 is 12.6 Å². The fraction of sp³-hybridized carbons (Fsp3) is 0.400. The second-order valence-corrected chi connectivity index (χ2v) is 6.99. The molecule has 1 aromatic rings. The molecule has 7 heteroatoms. The molecule has 0 spiro atoms. The summed E-state index contributed by atoms with van der Waals surface area (Å²) < 4.78 is 37.0. The highest BCUT2D eigenvalue weighted by Crippen LogP contribution is 2.17. The van der Waals surface area contributed by atoms with Crippen molar-refractivity contribution >= 4 is 26.5 Å². The van der Waals surface area contributed by atoms with Crippen molar-refractivity contribution in [2.24, 2.45) is 0 Å². The van der Waals surface area contributed by atoms with E-state index >= 15 is 0 Å². The highest BCUT2D eigenvalue weighted by Gasteiger charge is 2.16. The Balaban J connectivity index is 2.86. The molecule has 96 valence electrons. The first-order valence-electron chi connectivity index (χ1n) is 4.99. The van der Waals surface area contributed by atoms with Crippen molar-refractivity contribution in [1.82, 2.24) is 4.72 Å². The summed E-state index contributed by atoms with van der Waals surface area (Å²) in [5, 5.41) is 0. The number of nitrogen functional groups attached to an aromatic ring is 1. The lowest BCUT2D eigenvalue weighted by molar-refractivity contribution is 0.583. The van der Waals surface area contributed by atoms with Gasteiger partial charge >= 0.3 is 0 Å². The number of hydrogen-bond donors (Lipinski definition) is 2. The summed E-state index contributed by atoms with van der Waals surface area (Å²) in [6.07, 6.45) is 1.53. The van der Waals surface area contributed by atoms with Crippen LogP contribution in [0.3, 0.4) is 0 Å². The van der Waals surface area contributed by atoms with Crippen molar-refractivity contribution in [3.8, 4) is 0 Å². The van der Waals surface area contributed by atoms with Crippen LogP contribution in [0.5, 0.6) is 0 Å². The molecule has 0 aliphatic rings. The topological polar surface area (TPSA) is 89.3 Å². The quantitative estimate of drug-likeness (QED) is 0.754. The van der Waals surface area contributed by atoms with Crippen LogP contribution in [0, 0.1) is 6.92 Å². The monoisotopic (exact) mass is 276 g/mol. The smallest absolute Gasteiger partial charge is 0.240 e. The normalized spacial score (nSPS) is 13.5. The zero-order valence-electron chi connectivity index (χ0n) is 9.76. The van der Waals surface area contributed by atoms with Gasteiger partial charge in [-0.05, 0) is 30.7 Å². The van der Waals surface area contributed by atoms with E-state index < -0.39 is 20.8 Å². The second kappa shape index (κ2) is 5.61. The van der Waals surface area contributed by atoms with E-state index in [0.717, 1.165) is 0 Å². The van der Waals surface area contributed by atoms with Crippen LogP contribution >= 0.6 is 0 Å². The SMILES string of the molecule is Cc1cc(N)ccc1S(=O)(=O)NCCS(C)=O. The highest BCUT2D eigenvalue weighted by atomic mass is 32.2. The van der Waals surface area contributed by atoms with Crippen LogP contribution in [0.15, 0.2) is 23.1 Å². The van der Waals surface area contributed by atoms with Gasteiger partial charge in [-0.25, -0.2) is 13.1 Å². The predicted octanol–water partition coefficient (Wildman–Crippen LogP) is 0.234. The summed E-state index contributed by atoms with van der Waals surface area (Å²) in [6.45, 7) is 1.85. The van der Waals surface area contributed by atoms with Gasteiger partial charge in [-0.3, -0.25) is 4.21 Å². The van der Waals surface area contributed by atoms with E-state index in [1.165, 1.54) is 12.3 Å². The number of nitrogens with one attached hydrogen (secondary N) is 1. The lowest BCUT2D eigenvalue weighted by atomic mass is 10.2. The Morgan fingerprint density at radius 2 is 2.06 bits per heavy atom. The van der Waals surface area contributed by atoms with Gasteiger partial charge in [-0.2, -0.15) is 0 Å². The molecule has 1 aromatic carbocycles. The van der Waals surface area contributed by atoms with Gasteiger partial charge in [0.05, 0.1) is 4.90 Å². The maximum Gasteiger partial charge on any atom is 0.240 e. The number of sulfonamides is 1. The largest absolute Gasteiger partial charge is 0.399 e. The lowest BCUT2D eigenvalue weighted by Crippen LogP contribution is -2.28. The molecule has 0 aromatic heterocycles. The van der Waals surface area contributed by atoms with Gasteiger partial charge < -0.3 is 5.73 Å². The van der Waals surface area contributed by atoms with Crippen molar-refractivity contribution in [3.63, 3.8) is 0 Å². The van der Waals surface area contributed by atoms with E-state index in [0.29, 0.717) is 17.0 Å². The molecule has 3 N–H and O–H groups in total. The summed E-state index contributed by atoms with van der Waals surface area (Å²) >= 11 is 0. The summed E-state index contributed by atoms with van der Waals surface area (Å²) in [4.78, 5) is 0.202. The molecule has 0 amide bonds. The molecule has 0 heterocycles. The number of aryl methyl sites for hydroxylation is 1. The van der Waals surface area contributed by atoms with E-state index in [1.807, 2.05) is 0 Å². The van der Waals surface area contributed by atoms with Crippen molar-refractivity contribution in [2.75, 3.05) is 24.3 Å². The maximum absolute atomic E-state index is 11.9. The molecule has 0 bridgehead atoms. The van der Waals surface area contributed by atoms with Crippen molar-refractivity contribution in [1.29, 1.82) is 0 Å². The van der Waals surface area contributed by atoms with Crippen LogP contribution in [-0.2, 0) is 20.8 Å². The van der Waals surface area contributed by atoms with Crippen LogP contribution in [0.1, 0.15) is 5.56 Å². The summed E-state index contributed by atoms with van der Waals surface area (Å²) in [5.74, 6) is 0.299. The van der Waals surface area contributed by atoms with Gasteiger partial charge in [0.25, 0.3) is 0 Å². The van der Waals surface area contributed by atoms with Crippen LogP contribution in [0.4, 0.5) is 5.69 Å². The first-order valence-corrected chi connectivity index (χ1v) is 8.20. The Kier molecular flexibility index (Phi) is 4.67. The fourth-order valence-electron chi connectivity index (χ4n) is 1.37. The minimum atomic E-state index is -3.54. The molecular weight excluding hydrogens is 260 g/mol. The average Bonchev–Trinajstić information content (AvgIpc) is 2.15. The Hall–Kier alpha value is -0.920. The van der Waals surface area contributed by atoms with Crippen molar-refractivity contribution in [2.45, 2.75) is 11.8 Å². The van der Waals surface area contributed by atoms with E-state index in [-0.39, 0.29) is 11.4 Å². The molecule has 5 nitrogen and oxygen atoms in total. The summed E-state index contributed by atoms with van der Waals surface area (Å²) in [6, 6.07) is 4.61. The fourth-order valence-corrected chi connectivity index (χ4v) is 3.15. The Morgan fingerprint density at radius 3 is 2.59 bits per heavy atom. The molecule has 0 aliphatic heterocycles. The van der Waals surface area contributed by atoms with Gasteiger partial charge in [-0.15, -0.1) is 0 Å². The first kappa shape index (κ1) is 14.1. The van der Waals surface area contributed by atoms with E-state index in [1.54, 1.807) is 19.1 Å². The molecule has 1 unspecified atom stereocenters. The highest BCUT2D eigenvalue weighted by molar-refractivity contribution is 7.89. The van der Waals surface area contributed by atoms with Gasteiger partial charge in [-0.1, -0.05) is 0 Å². The Labute approximate surface area is 104 Å².